The molecule has 0 atom stereocenters. The molecule has 0 bridgehead atoms. The minimum atomic E-state index is 0.843. The maximum atomic E-state index is 4.37. The summed E-state index contributed by atoms with van der Waals surface area (Å²) in [4.78, 5) is 0. The fourth-order valence-electron chi connectivity index (χ4n) is 2.50. The van der Waals surface area contributed by atoms with Crippen LogP contribution in [0.15, 0.2) is 41.8 Å². The van der Waals surface area contributed by atoms with E-state index in [0.29, 0.717) is 0 Å². The van der Waals surface area contributed by atoms with Gasteiger partial charge in [0.2, 0.25) is 0 Å². The Kier molecular flexibility index (Phi) is 4.81. The molecule has 0 saturated carbocycles. The summed E-state index contributed by atoms with van der Waals surface area (Å²) < 4.78 is 4.06. The molecule has 0 amide bonds. The summed E-state index contributed by atoms with van der Waals surface area (Å²) in [5, 5.41) is 14.0. The van der Waals surface area contributed by atoms with Gasteiger partial charge in [-0.15, -0.1) is 10.2 Å². The monoisotopic (exact) mass is 327 g/mol. The standard InChI is InChI=1S/C17H21N5S/c1-4-21-11-15(10-18-21)16-19-20-17(22(16)5-2)23-12-14-8-6-7-13(3)9-14/h6-11H,4-5,12H2,1-3H3. The number of thioether (sulfide) groups is 1. The molecule has 1 aromatic carbocycles. The van der Waals surface area contributed by atoms with Gasteiger partial charge in [0.1, 0.15) is 0 Å². The van der Waals surface area contributed by atoms with Crippen LogP contribution in [0.4, 0.5) is 0 Å². The molecule has 23 heavy (non-hydrogen) atoms. The molecular formula is C17H21N5S. The predicted molar refractivity (Wildman–Crippen MR) is 93.3 cm³/mol. The van der Waals surface area contributed by atoms with Crippen molar-refractivity contribution in [2.45, 2.75) is 44.8 Å². The van der Waals surface area contributed by atoms with Crippen LogP contribution < -0.4 is 0 Å². The highest BCUT2D eigenvalue weighted by Crippen LogP contribution is 2.26. The van der Waals surface area contributed by atoms with Gasteiger partial charge in [0.05, 0.1) is 11.8 Å². The normalized spacial score (nSPS) is 11.1. The SMILES string of the molecule is CCn1cc(-c2nnc(SCc3cccc(C)c3)n2CC)cn1. The molecule has 6 heteroatoms. The Morgan fingerprint density at radius 1 is 1.13 bits per heavy atom. The van der Waals surface area contributed by atoms with E-state index in [4.69, 9.17) is 0 Å². The lowest BCUT2D eigenvalue weighted by Gasteiger charge is -2.06. The van der Waals surface area contributed by atoms with E-state index in [-0.39, 0.29) is 0 Å². The van der Waals surface area contributed by atoms with Gasteiger partial charge in [-0.05, 0) is 26.3 Å². The second kappa shape index (κ2) is 7.00. The summed E-state index contributed by atoms with van der Waals surface area (Å²) in [7, 11) is 0. The molecule has 0 aliphatic heterocycles. The molecule has 5 nitrogen and oxygen atoms in total. The molecule has 0 N–H and O–H groups in total. The lowest BCUT2D eigenvalue weighted by Crippen LogP contribution is -1.99. The van der Waals surface area contributed by atoms with Crippen molar-refractivity contribution >= 4 is 11.8 Å². The lowest BCUT2D eigenvalue weighted by atomic mass is 10.2. The van der Waals surface area contributed by atoms with Crippen LogP contribution in [0.5, 0.6) is 0 Å². The first kappa shape index (κ1) is 15.8. The van der Waals surface area contributed by atoms with Crippen LogP contribution in [-0.4, -0.2) is 24.5 Å². The first-order valence-electron chi connectivity index (χ1n) is 7.85. The van der Waals surface area contributed by atoms with E-state index in [1.807, 2.05) is 17.1 Å². The molecule has 2 heterocycles. The van der Waals surface area contributed by atoms with Crippen molar-refractivity contribution in [3.8, 4) is 11.4 Å². The summed E-state index contributed by atoms with van der Waals surface area (Å²) in [6.45, 7) is 8.01. The Morgan fingerprint density at radius 2 is 2.00 bits per heavy atom. The van der Waals surface area contributed by atoms with E-state index in [1.165, 1.54) is 11.1 Å². The van der Waals surface area contributed by atoms with Gasteiger partial charge in [0, 0.05) is 25.0 Å². The maximum Gasteiger partial charge on any atom is 0.191 e. The number of aromatic nitrogens is 5. The van der Waals surface area contributed by atoms with Gasteiger partial charge in [0.15, 0.2) is 11.0 Å². The maximum absolute atomic E-state index is 4.37. The van der Waals surface area contributed by atoms with E-state index in [1.54, 1.807) is 11.8 Å². The summed E-state index contributed by atoms with van der Waals surface area (Å²) in [6, 6.07) is 8.58. The van der Waals surface area contributed by atoms with E-state index in [0.717, 1.165) is 35.4 Å². The molecule has 0 saturated heterocycles. The zero-order valence-corrected chi connectivity index (χ0v) is 14.5. The highest BCUT2D eigenvalue weighted by Gasteiger charge is 2.14. The van der Waals surface area contributed by atoms with Crippen LogP contribution in [0, 0.1) is 6.92 Å². The number of aryl methyl sites for hydroxylation is 2. The molecule has 0 fully saturated rings. The zero-order valence-electron chi connectivity index (χ0n) is 13.7. The van der Waals surface area contributed by atoms with Gasteiger partial charge in [-0.25, -0.2) is 0 Å². The van der Waals surface area contributed by atoms with Gasteiger partial charge in [-0.2, -0.15) is 5.10 Å². The van der Waals surface area contributed by atoms with E-state index >= 15 is 0 Å². The van der Waals surface area contributed by atoms with Crippen LogP contribution in [0.1, 0.15) is 25.0 Å². The van der Waals surface area contributed by atoms with Crippen LogP contribution in [-0.2, 0) is 18.8 Å². The van der Waals surface area contributed by atoms with E-state index in [9.17, 15) is 0 Å². The third-order valence-electron chi connectivity index (χ3n) is 3.70. The Hall–Kier alpha value is -2.08. The van der Waals surface area contributed by atoms with Crippen LogP contribution in [0.2, 0.25) is 0 Å². The molecule has 0 aliphatic carbocycles. The largest absolute Gasteiger partial charge is 0.302 e. The fraction of sp³-hybridized carbons (Fsp3) is 0.353. The van der Waals surface area contributed by atoms with Crippen molar-refractivity contribution in [1.29, 1.82) is 0 Å². The number of benzene rings is 1. The second-order valence-corrected chi connectivity index (χ2v) is 6.36. The van der Waals surface area contributed by atoms with Crippen LogP contribution in [0.3, 0.4) is 0 Å². The molecule has 0 unspecified atom stereocenters. The average Bonchev–Trinajstić information content (AvgIpc) is 3.18. The smallest absolute Gasteiger partial charge is 0.191 e. The molecule has 120 valence electrons. The summed E-state index contributed by atoms with van der Waals surface area (Å²) in [5.74, 6) is 1.78. The third-order valence-corrected chi connectivity index (χ3v) is 4.74. The molecule has 2 aromatic heterocycles. The summed E-state index contributed by atoms with van der Waals surface area (Å²) in [6.07, 6.45) is 3.87. The van der Waals surface area contributed by atoms with Crippen molar-refractivity contribution in [1.82, 2.24) is 24.5 Å². The van der Waals surface area contributed by atoms with E-state index in [2.05, 4.69) is 64.9 Å². The minimum Gasteiger partial charge on any atom is -0.302 e. The van der Waals surface area contributed by atoms with Gasteiger partial charge >= 0.3 is 0 Å². The van der Waals surface area contributed by atoms with Gasteiger partial charge in [-0.3, -0.25) is 4.68 Å². The quantitative estimate of drug-likeness (QED) is 0.646. The molecule has 3 aromatic rings. The van der Waals surface area contributed by atoms with Crippen molar-refractivity contribution in [3.63, 3.8) is 0 Å². The van der Waals surface area contributed by atoms with Crippen molar-refractivity contribution in [3.05, 3.63) is 47.8 Å². The van der Waals surface area contributed by atoms with Crippen molar-refractivity contribution < 1.29 is 0 Å². The number of rotatable bonds is 6. The molecule has 3 rings (SSSR count). The highest BCUT2D eigenvalue weighted by atomic mass is 32.2. The summed E-state index contributed by atoms with van der Waals surface area (Å²) >= 11 is 1.72. The van der Waals surface area contributed by atoms with Gasteiger partial charge in [-0.1, -0.05) is 41.6 Å². The fourth-order valence-corrected chi connectivity index (χ4v) is 3.44. The van der Waals surface area contributed by atoms with E-state index < -0.39 is 0 Å². The molecule has 0 aliphatic rings. The molecular weight excluding hydrogens is 306 g/mol. The predicted octanol–water partition coefficient (Wildman–Crippen LogP) is 3.78. The van der Waals surface area contributed by atoms with Crippen molar-refractivity contribution in [2.24, 2.45) is 0 Å². The van der Waals surface area contributed by atoms with Crippen LogP contribution in [0.25, 0.3) is 11.4 Å². The number of nitrogens with zero attached hydrogens (tertiary/aromatic N) is 5. The Balaban J connectivity index is 1.80. The minimum absolute atomic E-state index is 0.843. The Morgan fingerprint density at radius 3 is 2.70 bits per heavy atom. The molecule has 0 radical (unpaired) electrons. The van der Waals surface area contributed by atoms with Gasteiger partial charge in [0.25, 0.3) is 0 Å². The molecule has 0 spiro atoms. The van der Waals surface area contributed by atoms with Crippen molar-refractivity contribution in [2.75, 3.05) is 0 Å². The lowest BCUT2D eigenvalue weighted by molar-refractivity contribution is 0.659. The van der Waals surface area contributed by atoms with Crippen LogP contribution >= 0.6 is 11.8 Å². The average molecular weight is 327 g/mol. The highest BCUT2D eigenvalue weighted by molar-refractivity contribution is 7.98. The number of hydrogen-bond donors (Lipinski definition) is 0. The zero-order chi connectivity index (χ0) is 16.2. The first-order valence-corrected chi connectivity index (χ1v) is 8.84. The second-order valence-electron chi connectivity index (χ2n) is 5.41. The topological polar surface area (TPSA) is 48.5 Å². The first-order chi connectivity index (χ1) is 11.2. The third kappa shape index (κ3) is 3.47. The Bertz CT molecular complexity index is 790. The Labute approximate surface area is 140 Å². The van der Waals surface area contributed by atoms with Gasteiger partial charge < -0.3 is 4.57 Å². The number of hydrogen-bond acceptors (Lipinski definition) is 4. The summed E-state index contributed by atoms with van der Waals surface area (Å²) in [5.41, 5.74) is 3.61.